The summed E-state index contributed by atoms with van der Waals surface area (Å²) >= 11 is 0. The van der Waals surface area contributed by atoms with Crippen LogP contribution in [0.25, 0.3) is 11.3 Å². The molecule has 2 rings (SSSR count). The SMILES string of the molecule is Nn1cc(-c2ccccc2)nn1. The Morgan fingerprint density at radius 2 is 1.92 bits per heavy atom. The minimum atomic E-state index is 0.790. The molecule has 60 valence electrons. The van der Waals surface area contributed by atoms with Crippen LogP contribution in [-0.2, 0) is 0 Å². The standard InChI is InChI=1S/C8H8N4/c9-12-6-8(10-11-12)7-4-2-1-3-5-7/h1-6H,9H2. The van der Waals surface area contributed by atoms with Gasteiger partial charge in [0.15, 0.2) is 0 Å². The molecule has 0 bridgehead atoms. The van der Waals surface area contributed by atoms with Gasteiger partial charge in [0.25, 0.3) is 0 Å². The molecule has 2 aromatic rings. The van der Waals surface area contributed by atoms with Crippen LogP contribution in [0.4, 0.5) is 0 Å². The van der Waals surface area contributed by atoms with E-state index in [1.807, 2.05) is 30.3 Å². The molecule has 4 heteroatoms. The van der Waals surface area contributed by atoms with Crippen molar-refractivity contribution in [2.24, 2.45) is 0 Å². The van der Waals surface area contributed by atoms with E-state index in [1.165, 1.54) is 4.79 Å². The summed E-state index contributed by atoms with van der Waals surface area (Å²) in [6.07, 6.45) is 1.68. The first kappa shape index (κ1) is 6.84. The predicted molar refractivity (Wildman–Crippen MR) is 45.6 cm³/mol. The number of nitrogens with two attached hydrogens (primary N) is 1. The summed E-state index contributed by atoms with van der Waals surface area (Å²) in [6, 6.07) is 9.78. The highest BCUT2D eigenvalue weighted by atomic mass is 15.6. The zero-order valence-corrected chi connectivity index (χ0v) is 6.38. The summed E-state index contributed by atoms with van der Waals surface area (Å²) in [5.74, 6) is 5.36. The fourth-order valence-electron chi connectivity index (χ4n) is 1.02. The van der Waals surface area contributed by atoms with E-state index < -0.39 is 0 Å². The molecular weight excluding hydrogens is 152 g/mol. The summed E-state index contributed by atoms with van der Waals surface area (Å²) in [6.45, 7) is 0. The molecular formula is C8H8N4. The monoisotopic (exact) mass is 160 g/mol. The number of nitrogens with zero attached hydrogens (tertiary/aromatic N) is 3. The number of hydrogen-bond donors (Lipinski definition) is 1. The van der Waals surface area contributed by atoms with Gasteiger partial charge in [0.1, 0.15) is 5.69 Å². The maximum Gasteiger partial charge on any atom is 0.115 e. The second-order valence-electron chi connectivity index (χ2n) is 2.45. The van der Waals surface area contributed by atoms with Crippen LogP contribution in [0.3, 0.4) is 0 Å². The van der Waals surface area contributed by atoms with Gasteiger partial charge < -0.3 is 5.84 Å². The second-order valence-corrected chi connectivity index (χ2v) is 2.45. The molecule has 0 aliphatic heterocycles. The average Bonchev–Trinajstić information content (AvgIpc) is 2.54. The maximum absolute atomic E-state index is 5.36. The zero-order chi connectivity index (χ0) is 8.39. The van der Waals surface area contributed by atoms with Crippen molar-refractivity contribution in [3.8, 4) is 11.3 Å². The van der Waals surface area contributed by atoms with E-state index in [-0.39, 0.29) is 0 Å². The first-order chi connectivity index (χ1) is 5.86. The largest absolute Gasteiger partial charge is 0.322 e. The smallest absolute Gasteiger partial charge is 0.115 e. The van der Waals surface area contributed by atoms with Gasteiger partial charge in [-0.2, -0.15) is 4.79 Å². The van der Waals surface area contributed by atoms with Crippen LogP contribution in [0.2, 0.25) is 0 Å². The van der Waals surface area contributed by atoms with E-state index in [0.717, 1.165) is 11.3 Å². The lowest BCUT2D eigenvalue weighted by atomic mass is 10.2. The van der Waals surface area contributed by atoms with Crippen LogP contribution >= 0.6 is 0 Å². The van der Waals surface area contributed by atoms with E-state index in [9.17, 15) is 0 Å². The lowest BCUT2D eigenvalue weighted by Crippen LogP contribution is -2.07. The Morgan fingerprint density at radius 1 is 1.17 bits per heavy atom. The molecule has 1 heterocycles. The third-order valence-electron chi connectivity index (χ3n) is 1.58. The first-order valence-electron chi connectivity index (χ1n) is 3.59. The number of benzene rings is 1. The summed E-state index contributed by atoms with van der Waals surface area (Å²) < 4.78 is 0. The Labute approximate surface area is 69.6 Å². The molecule has 0 saturated heterocycles. The average molecular weight is 160 g/mol. The number of rotatable bonds is 1. The van der Waals surface area contributed by atoms with Gasteiger partial charge in [0.05, 0.1) is 6.20 Å². The van der Waals surface area contributed by atoms with Crippen LogP contribution in [0.15, 0.2) is 36.5 Å². The number of aromatic nitrogens is 3. The molecule has 0 spiro atoms. The molecule has 1 aromatic heterocycles. The Kier molecular flexibility index (Phi) is 1.51. The van der Waals surface area contributed by atoms with Crippen molar-refractivity contribution in [2.75, 3.05) is 5.84 Å². The van der Waals surface area contributed by atoms with Crippen molar-refractivity contribution in [3.05, 3.63) is 36.5 Å². The van der Waals surface area contributed by atoms with E-state index in [2.05, 4.69) is 10.3 Å². The first-order valence-corrected chi connectivity index (χ1v) is 3.59. The molecule has 1 aromatic carbocycles. The molecule has 0 saturated carbocycles. The van der Waals surface area contributed by atoms with Gasteiger partial charge in [-0.25, -0.2) is 0 Å². The van der Waals surface area contributed by atoms with Crippen molar-refractivity contribution >= 4 is 0 Å². The summed E-state index contributed by atoms with van der Waals surface area (Å²) in [5, 5.41) is 7.51. The minimum absolute atomic E-state index is 0.790. The van der Waals surface area contributed by atoms with E-state index in [0.29, 0.717) is 0 Å². The Morgan fingerprint density at radius 3 is 2.50 bits per heavy atom. The Hall–Kier alpha value is -1.84. The predicted octanol–water partition coefficient (Wildman–Crippen LogP) is 0.659. The third kappa shape index (κ3) is 1.14. The van der Waals surface area contributed by atoms with Crippen molar-refractivity contribution < 1.29 is 0 Å². The highest BCUT2D eigenvalue weighted by Crippen LogP contribution is 2.13. The van der Waals surface area contributed by atoms with Gasteiger partial charge in [0, 0.05) is 5.56 Å². The quantitative estimate of drug-likeness (QED) is 0.623. The molecule has 0 aliphatic rings. The van der Waals surface area contributed by atoms with Gasteiger partial charge in [-0.1, -0.05) is 30.3 Å². The topological polar surface area (TPSA) is 56.7 Å². The number of hydrogen-bond acceptors (Lipinski definition) is 3. The molecule has 0 atom stereocenters. The van der Waals surface area contributed by atoms with Crippen LogP contribution in [0.5, 0.6) is 0 Å². The van der Waals surface area contributed by atoms with Crippen molar-refractivity contribution in [2.45, 2.75) is 0 Å². The molecule has 12 heavy (non-hydrogen) atoms. The normalized spacial score (nSPS) is 10.0. The van der Waals surface area contributed by atoms with E-state index >= 15 is 0 Å². The fourth-order valence-corrected chi connectivity index (χ4v) is 1.02. The lowest BCUT2D eigenvalue weighted by Gasteiger charge is -1.91. The van der Waals surface area contributed by atoms with E-state index in [4.69, 9.17) is 5.84 Å². The summed E-state index contributed by atoms with van der Waals surface area (Å²) in [4.78, 5) is 1.20. The maximum atomic E-state index is 5.36. The van der Waals surface area contributed by atoms with E-state index in [1.54, 1.807) is 6.20 Å². The molecule has 0 unspecified atom stereocenters. The van der Waals surface area contributed by atoms with Gasteiger partial charge in [-0.15, -0.1) is 5.10 Å². The van der Waals surface area contributed by atoms with Crippen LogP contribution in [0, 0.1) is 0 Å². The molecule has 0 amide bonds. The van der Waals surface area contributed by atoms with Gasteiger partial charge in [-0.05, 0) is 5.21 Å². The van der Waals surface area contributed by atoms with Crippen LogP contribution in [0.1, 0.15) is 0 Å². The summed E-state index contributed by atoms with van der Waals surface area (Å²) in [7, 11) is 0. The van der Waals surface area contributed by atoms with Gasteiger partial charge >= 0.3 is 0 Å². The number of nitrogen functional groups attached to an aromatic ring is 1. The van der Waals surface area contributed by atoms with Gasteiger partial charge in [0.2, 0.25) is 0 Å². The zero-order valence-electron chi connectivity index (χ0n) is 6.38. The van der Waals surface area contributed by atoms with Crippen molar-refractivity contribution in [1.29, 1.82) is 0 Å². The molecule has 0 aliphatic carbocycles. The lowest BCUT2D eigenvalue weighted by molar-refractivity contribution is 0.766. The third-order valence-corrected chi connectivity index (χ3v) is 1.58. The molecule has 0 fully saturated rings. The summed E-state index contributed by atoms with van der Waals surface area (Å²) in [5.41, 5.74) is 1.81. The second kappa shape index (κ2) is 2.65. The molecule has 0 radical (unpaired) electrons. The minimum Gasteiger partial charge on any atom is -0.322 e. The highest BCUT2D eigenvalue weighted by molar-refractivity contribution is 5.56. The van der Waals surface area contributed by atoms with Gasteiger partial charge in [-0.3, -0.25) is 0 Å². The fraction of sp³-hybridized carbons (Fsp3) is 0. The van der Waals surface area contributed by atoms with Crippen molar-refractivity contribution in [1.82, 2.24) is 15.1 Å². The van der Waals surface area contributed by atoms with Crippen LogP contribution in [-0.4, -0.2) is 15.1 Å². The highest BCUT2D eigenvalue weighted by Gasteiger charge is 1.99. The molecule has 4 nitrogen and oxygen atoms in total. The Balaban J connectivity index is 2.45. The molecule has 2 N–H and O–H groups in total. The van der Waals surface area contributed by atoms with Crippen molar-refractivity contribution in [3.63, 3.8) is 0 Å². The Bertz CT molecular complexity index is 366. The van der Waals surface area contributed by atoms with Crippen LogP contribution < -0.4 is 5.84 Å².